The molecule has 72 valence electrons. The van der Waals surface area contributed by atoms with Gasteiger partial charge < -0.3 is 0 Å². The van der Waals surface area contributed by atoms with Gasteiger partial charge in [0.05, 0.1) is 0 Å². The summed E-state index contributed by atoms with van der Waals surface area (Å²) in [7, 11) is 0. The van der Waals surface area contributed by atoms with Crippen molar-refractivity contribution in [3.05, 3.63) is 30.1 Å². The first-order valence-electron chi connectivity index (χ1n) is 5.07. The monoisotopic (exact) mass is 177 g/mol. The Hall–Kier alpha value is -0.850. The molecule has 0 unspecified atom stereocenters. The highest BCUT2D eigenvalue weighted by atomic mass is 14.6. The molecule has 0 aromatic carbocycles. The number of hydrogen-bond donors (Lipinski definition) is 0. The zero-order chi connectivity index (χ0) is 9.73. The average Bonchev–Trinajstić information content (AvgIpc) is 2.16. The number of aromatic nitrogens is 1. The lowest BCUT2D eigenvalue weighted by atomic mass is 9.81. The number of nitrogens with zero attached hydrogens (tertiary/aromatic N) is 1. The van der Waals surface area contributed by atoms with Crippen molar-refractivity contribution in [2.45, 2.75) is 45.4 Å². The molecular weight excluding hydrogens is 158 g/mol. The van der Waals surface area contributed by atoms with Gasteiger partial charge in [-0.25, -0.2) is 0 Å². The maximum Gasteiger partial charge on any atom is 0.0305 e. The van der Waals surface area contributed by atoms with Crippen LogP contribution in [0.1, 0.15) is 45.6 Å². The van der Waals surface area contributed by atoms with E-state index < -0.39 is 0 Å². The van der Waals surface area contributed by atoms with E-state index in [4.69, 9.17) is 0 Å². The van der Waals surface area contributed by atoms with Crippen LogP contribution in [-0.4, -0.2) is 4.98 Å². The fraction of sp³-hybridized carbons (Fsp3) is 0.583. The van der Waals surface area contributed by atoms with Crippen LogP contribution in [0.5, 0.6) is 0 Å². The van der Waals surface area contributed by atoms with Crippen molar-refractivity contribution in [1.29, 1.82) is 0 Å². The Morgan fingerprint density at radius 1 is 1.38 bits per heavy atom. The molecular formula is C12H19N. The molecule has 0 saturated heterocycles. The molecule has 0 radical (unpaired) electrons. The predicted octanol–water partition coefficient (Wildman–Crippen LogP) is 3.55. The van der Waals surface area contributed by atoms with Crippen LogP contribution in [0.2, 0.25) is 0 Å². The van der Waals surface area contributed by atoms with Crippen LogP contribution in [0, 0.1) is 0 Å². The lowest BCUT2D eigenvalue weighted by Gasteiger charge is -2.24. The molecule has 0 aliphatic rings. The van der Waals surface area contributed by atoms with Gasteiger partial charge in [0.2, 0.25) is 0 Å². The van der Waals surface area contributed by atoms with Gasteiger partial charge in [0.15, 0.2) is 0 Å². The summed E-state index contributed by atoms with van der Waals surface area (Å²) >= 11 is 0. The molecule has 1 aromatic heterocycles. The van der Waals surface area contributed by atoms with E-state index in [1.54, 1.807) is 0 Å². The van der Waals surface area contributed by atoms with Crippen molar-refractivity contribution < 1.29 is 0 Å². The van der Waals surface area contributed by atoms with E-state index in [0.29, 0.717) is 0 Å². The first-order chi connectivity index (χ1) is 6.17. The smallest absolute Gasteiger partial charge is 0.0305 e. The fourth-order valence-corrected chi connectivity index (χ4v) is 1.53. The largest absolute Gasteiger partial charge is 0.264 e. The summed E-state index contributed by atoms with van der Waals surface area (Å²) in [6.07, 6.45) is 7.62. The molecule has 1 heterocycles. The van der Waals surface area contributed by atoms with Crippen LogP contribution in [0.3, 0.4) is 0 Å². The number of pyridine rings is 1. The molecule has 1 nitrogen and oxygen atoms in total. The summed E-state index contributed by atoms with van der Waals surface area (Å²) in [5.41, 5.74) is 1.63. The zero-order valence-electron chi connectivity index (χ0n) is 8.88. The van der Waals surface area contributed by atoms with Crippen molar-refractivity contribution in [2.24, 2.45) is 0 Å². The van der Waals surface area contributed by atoms with Crippen LogP contribution in [0.25, 0.3) is 0 Å². The van der Waals surface area contributed by atoms with Gasteiger partial charge in [0, 0.05) is 12.4 Å². The van der Waals surface area contributed by atoms with Crippen molar-refractivity contribution >= 4 is 0 Å². The fourth-order valence-electron chi connectivity index (χ4n) is 1.53. The second kappa shape index (κ2) is 4.40. The Balaban J connectivity index is 2.69. The van der Waals surface area contributed by atoms with Crippen LogP contribution in [0.4, 0.5) is 0 Å². The lowest BCUT2D eigenvalue weighted by molar-refractivity contribution is 0.456. The molecule has 1 aromatic rings. The first kappa shape index (κ1) is 10.2. The average molecular weight is 177 g/mol. The van der Waals surface area contributed by atoms with E-state index >= 15 is 0 Å². The SMILES string of the molecule is CCCCC(C)(C)c1cccnc1. The van der Waals surface area contributed by atoms with Gasteiger partial charge >= 0.3 is 0 Å². The number of hydrogen-bond acceptors (Lipinski definition) is 1. The van der Waals surface area contributed by atoms with Crippen LogP contribution in [-0.2, 0) is 5.41 Å². The first-order valence-corrected chi connectivity index (χ1v) is 5.07. The Morgan fingerprint density at radius 3 is 2.69 bits per heavy atom. The molecule has 0 aliphatic carbocycles. The molecule has 0 spiro atoms. The van der Waals surface area contributed by atoms with E-state index in [9.17, 15) is 0 Å². The quantitative estimate of drug-likeness (QED) is 0.685. The summed E-state index contributed by atoms with van der Waals surface area (Å²) in [6, 6.07) is 4.19. The Labute approximate surface area is 81.2 Å². The predicted molar refractivity (Wildman–Crippen MR) is 56.8 cm³/mol. The number of rotatable bonds is 4. The second-order valence-corrected chi connectivity index (χ2v) is 4.23. The minimum atomic E-state index is 0.282. The molecule has 0 N–H and O–H groups in total. The van der Waals surface area contributed by atoms with Gasteiger partial charge in [-0.15, -0.1) is 0 Å². The molecule has 0 saturated carbocycles. The van der Waals surface area contributed by atoms with E-state index in [0.717, 1.165) is 0 Å². The van der Waals surface area contributed by atoms with Gasteiger partial charge in [-0.2, -0.15) is 0 Å². The highest BCUT2D eigenvalue weighted by Gasteiger charge is 2.19. The van der Waals surface area contributed by atoms with Gasteiger partial charge in [-0.05, 0) is 23.5 Å². The van der Waals surface area contributed by atoms with Crippen LogP contribution < -0.4 is 0 Å². The normalized spacial score (nSPS) is 11.6. The standard InChI is InChI=1S/C12H19N/c1-4-5-8-12(2,3)11-7-6-9-13-10-11/h6-7,9-10H,4-5,8H2,1-3H3. The molecule has 0 atom stereocenters. The van der Waals surface area contributed by atoms with E-state index in [2.05, 4.69) is 31.8 Å². The van der Waals surface area contributed by atoms with Crippen LogP contribution >= 0.6 is 0 Å². The van der Waals surface area contributed by atoms with Crippen molar-refractivity contribution in [1.82, 2.24) is 4.98 Å². The summed E-state index contributed by atoms with van der Waals surface area (Å²) in [5.74, 6) is 0. The van der Waals surface area contributed by atoms with Gasteiger partial charge in [-0.3, -0.25) is 4.98 Å². The third-order valence-electron chi connectivity index (χ3n) is 2.60. The van der Waals surface area contributed by atoms with E-state index in [1.165, 1.54) is 24.8 Å². The molecule has 1 heteroatoms. The van der Waals surface area contributed by atoms with Crippen molar-refractivity contribution in [3.8, 4) is 0 Å². The van der Waals surface area contributed by atoms with E-state index in [-0.39, 0.29) is 5.41 Å². The Bertz CT molecular complexity index is 239. The minimum Gasteiger partial charge on any atom is -0.264 e. The Morgan fingerprint density at radius 2 is 2.15 bits per heavy atom. The summed E-state index contributed by atoms with van der Waals surface area (Å²) in [5, 5.41) is 0. The maximum absolute atomic E-state index is 4.16. The second-order valence-electron chi connectivity index (χ2n) is 4.23. The maximum atomic E-state index is 4.16. The third-order valence-corrected chi connectivity index (χ3v) is 2.60. The zero-order valence-corrected chi connectivity index (χ0v) is 8.88. The Kier molecular flexibility index (Phi) is 3.47. The lowest BCUT2D eigenvalue weighted by Crippen LogP contribution is -2.16. The van der Waals surface area contributed by atoms with Crippen molar-refractivity contribution in [3.63, 3.8) is 0 Å². The van der Waals surface area contributed by atoms with Gasteiger partial charge in [0.1, 0.15) is 0 Å². The molecule has 0 amide bonds. The minimum absolute atomic E-state index is 0.282. The number of unbranched alkanes of at least 4 members (excludes halogenated alkanes) is 1. The molecule has 0 fully saturated rings. The van der Waals surface area contributed by atoms with Crippen LogP contribution in [0.15, 0.2) is 24.5 Å². The third kappa shape index (κ3) is 2.83. The summed E-state index contributed by atoms with van der Waals surface area (Å²) in [6.45, 7) is 6.82. The highest BCUT2D eigenvalue weighted by Crippen LogP contribution is 2.27. The molecule has 1 rings (SSSR count). The molecule has 0 aliphatic heterocycles. The van der Waals surface area contributed by atoms with Crippen molar-refractivity contribution in [2.75, 3.05) is 0 Å². The summed E-state index contributed by atoms with van der Waals surface area (Å²) < 4.78 is 0. The molecule has 0 bridgehead atoms. The topological polar surface area (TPSA) is 12.9 Å². The van der Waals surface area contributed by atoms with E-state index in [1.807, 2.05) is 18.5 Å². The van der Waals surface area contributed by atoms with Gasteiger partial charge in [0.25, 0.3) is 0 Å². The highest BCUT2D eigenvalue weighted by molar-refractivity contribution is 5.18. The molecule has 13 heavy (non-hydrogen) atoms. The summed E-state index contributed by atoms with van der Waals surface area (Å²) in [4.78, 5) is 4.16. The van der Waals surface area contributed by atoms with Gasteiger partial charge in [-0.1, -0.05) is 39.7 Å².